The van der Waals surface area contributed by atoms with Gasteiger partial charge in [-0.2, -0.15) is 0 Å². The van der Waals surface area contributed by atoms with Crippen LogP contribution in [0, 0.1) is 6.92 Å². The number of benzene rings is 2. The van der Waals surface area contributed by atoms with E-state index in [2.05, 4.69) is 20.9 Å². The highest BCUT2D eigenvalue weighted by atomic mass is 79.9. The van der Waals surface area contributed by atoms with E-state index >= 15 is 0 Å². The van der Waals surface area contributed by atoms with Gasteiger partial charge in [0.2, 0.25) is 0 Å². The number of carbonyl (C=O) groups is 1. The van der Waals surface area contributed by atoms with Crippen LogP contribution in [0.3, 0.4) is 0 Å². The average molecular weight is 403 g/mol. The van der Waals surface area contributed by atoms with Gasteiger partial charge in [0.1, 0.15) is 5.75 Å². The summed E-state index contributed by atoms with van der Waals surface area (Å²) >= 11 is 4.85. The molecule has 0 aliphatic carbocycles. The van der Waals surface area contributed by atoms with Crippen LogP contribution in [0.15, 0.2) is 64.5 Å². The van der Waals surface area contributed by atoms with Gasteiger partial charge < -0.3 is 4.74 Å². The number of hydrogen-bond donors (Lipinski definition) is 0. The van der Waals surface area contributed by atoms with Gasteiger partial charge in [-0.1, -0.05) is 30.3 Å². The Bertz CT molecular complexity index is 836. The monoisotopic (exact) mass is 402 g/mol. The first-order valence-corrected chi connectivity index (χ1v) is 9.00. The van der Waals surface area contributed by atoms with Crippen LogP contribution in [0.1, 0.15) is 5.69 Å². The summed E-state index contributed by atoms with van der Waals surface area (Å²) in [6.07, 6.45) is 0. The lowest BCUT2D eigenvalue weighted by atomic mass is 10.3. The molecule has 0 fully saturated rings. The predicted octanol–water partition coefficient (Wildman–Crippen LogP) is 4.96. The Balaban J connectivity index is 1.83. The molecule has 0 saturated carbocycles. The largest absolute Gasteiger partial charge is 0.483 e. The minimum atomic E-state index is -0.175. The molecule has 1 amide bonds. The van der Waals surface area contributed by atoms with E-state index in [1.54, 1.807) is 4.90 Å². The Hall–Kier alpha value is -2.18. The molecule has 0 spiro atoms. The van der Waals surface area contributed by atoms with Gasteiger partial charge in [0, 0.05) is 5.38 Å². The number of nitrogens with zero attached hydrogens (tertiary/aromatic N) is 2. The highest BCUT2D eigenvalue weighted by molar-refractivity contribution is 9.10. The highest BCUT2D eigenvalue weighted by Crippen LogP contribution is 2.29. The summed E-state index contributed by atoms with van der Waals surface area (Å²) < 4.78 is 6.48. The van der Waals surface area contributed by atoms with Gasteiger partial charge in [-0.05, 0) is 47.1 Å². The molecule has 1 aromatic heterocycles. The lowest BCUT2D eigenvalue weighted by molar-refractivity contribution is -0.119. The van der Waals surface area contributed by atoms with E-state index in [4.69, 9.17) is 4.74 Å². The number of anilines is 2. The molecule has 0 aliphatic rings. The smallest absolute Gasteiger partial charge is 0.271 e. The van der Waals surface area contributed by atoms with Crippen molar-refractivity contribution in [1.82, 2.24) is 4.98 Å². The van der Waals surface area contributed by atoms with Crippen LogP contribution in [0.25, 0.3) is 0 Å². The Morgan fingerprint density at radius 2 is 1.88 bits per heavy atom. The number of aromatic nitrogens is 1. The molecule has 0 radical (unpaired) electrons. The van der Waals surface area contributed by atoms with Crippen molar-refractivity contribution >= 4 is 44.0 Å². The molecule has 0 bridgehead atoms. The molecule has 122 valence electrons. The lowest BCUT2D eigenvalue weighted by Crippen LogP contribution is -2.30. The minimum absolute atomic E-state index is 0.0733. The summed E-state index contributed by atoms with van der Waals surface area (Å²) in [6, 6.07) is 16.9. The first-order chi connectivity index (χ1) is 11.6. The molecule has 0 saturated heterocycles. The third-order valence-corrected chi connectivity index (χ3v) is 4.85. The van der Waals surface area contributed by atoms with E-state index in [0.717, 1.165) is 15.9 Å². The number of amides is 1. The maximum absolute atomic E-state index is 12.8. The topological polar surface area (TPSA) is 42.4 Å². The molecule has 0 aliphatic heterocycles. The summed E-state index contributed by atoms with van der Waals surface area (Å²) in [5.41, 5.74) is 1.66. The van der Waals surface area contributed by atoms with Gasteiger partial charge in [0.15, 0.2) is 11.7 Å². The Morgan fingerprint density at radius 3 is 2.54 bits per heavy atom. The van der Waals surface area contributed by atoms with Crippen molar-refractivity contribution in [2.24, 2.45) is 0 Å². The molecule has 24 heavy (non-hydrogen) atoms. The van der Waals surface area contributed by atoms with Gasteiger partial charge in [0.25, 0.3) is 5.91 Å². The molecule has 6 heteroatoms. The molecule has 3 rings (SSSR count). The van der Waals surface area contributed by atoms with Gasteiger partial charge in [-0.25, -0.2) is 4.98 Å². The lowest BCUT2D eigenvalue weighted by Gasteiger charge is -2.20. The quantitative estimate of drug-likeness (QED) is 0.605. The Morgan fingerprint density at radius 1 is 1.17 bits per heavy atom. The van der Waals surface area contributed by atoms with E-state index in [1.165, 1.54) is 11.3 Å². The number of halogens is 1. The SMILES string of the molecule is Cc1csc(N(C(=O)COc2ccccc2Br)c2ccccc2)n1. The maximum Gasteiger partial charge on any atom is 0.271 e. The fraction of sp³-hybridized carbons (Fsp3) is 0.111. The van der Waals surface area contributed by atoms with Crippen molar-refractivity contribution in [3.63, 3.8) is 0 Å². The van der Waals surface area contributed by atoms with Gasteiger partial charge in [0.05, 0.1) is 15.9 Å². The van der Waals surface area contributed by atoms with E-state index in [-0.39, 0.29) is 12.5 Å². The van der Waals surface area contributed by atoms with Gasteiger partial charge in [-0.3, -0.25) is 9.69 Å². The van der Waals surface area contributed by atoms with E-state index in [1.807, 2.05) is 66.9 Å². The van der Waals surface area contributed by atoms with E-state index in [0.29, 0.717) is 10.9 Å². The summed E-state index contributed by atoms with van der Waals surface area (Å²) in [4.78, 5) is 18.8. The van der Waals surface area contributed by atoms with Crippen LogP contribution in [0.4, 0.5) is 10.8 Å². The Kier molecular flexibility index (Phi) is 5.27. The molecule has 0 unspecified atom stereocenters. The first-order valence-electron chi connectivity index (χ1n) is 7.32. The van der Waals surface area contributed by atoms with Crippen LogP contribution in [0.5, 0.6) is 5.75 Å². The molecular weight excluding hydrogens is 388 g/mol. The fourth-order valence-electron chi connectivity index (χ4n) is 2.15. The third-order valence-electron chi connectivity index (χ3n) is 3.25. The molecule has 1 heterocycles. The zero-order chi connectivity index (χ0) is 16.9. The number of para-hydroxylation sites is 2. The number of thiazole rings is 1. The van der Waals surface area contributed by atoms with Crippen molar-refractivity contribution in [1.29, 1.82) is 0 Å². The maximum atomic E-state index is 12.8. The number of hydrogen-bond acceptors (Lipinski definition) is 4. The number of ether oxygens (including phenoxy) is 1. The molecule has 0 N–H and O–H groups in total. The second-order valence-corrected chi connectivity index (χ2v) is 6.75. The van der Waals surface area contributed by atoms with E-state index in [9.17, 15) is 4.79 Å². The second kappa shape index (κ2) is 7.59. The zero-order valence-electron chi connectivity index (χ0n) is 13.0. The van der Waals surface area contributed by atoms with Crippen LogP contribution in [-0.2, 0) is 4.79 Å². The van der Waals surface area contributed by atoms with Gasteiger partial charge >= 0.3 is 0 Å². The molecule has 4 nitrogen and oxygen atoms in total. The van der Waals surface area contributed by atoms with Crippen LogP contribution in [-0.4, -0.2) is 17.5 Å². The standard InChI is InChI=1S/C18H15BrN2O2S/c1-13-12-24-18(20-13)21(14-7-3-2-4-8-14)17(22)11-23-16-10-6-5-9-15(16)19/h2-10,12H,11H2,1H3. The van der Waals surface area contributed by atoms with Crippen molar-refractivity contribution in [2.45, 2.75) is 6.92 Å². The summed E-state index contributed by atoms with van der Waals surface area (Å²) in [5.74, 6) is 0.459. The Labute approximate surface area is 152 Å². The predicted molar refractivity (Wildman–Crippen MR) is 100 cm³/mol. The van der Waals surface area contributed by atoms with Crippen molar-refractivity contribution in [2.75, 3.05) is 11.5 Å². The minimum Gasteiger partial charge on any atom is -0.483 e. The second-order valence-electron chi connectivity index (χ2n) is 5.06. The van der Waals surface area contributed by atoms with Gasteiger partial charge in [-0.15, -0.1) is 11.3 Å². The highest BCUT2D eigenvalue weighted by Gasteiger charge is 2.21. The average Bonchev–Trinajstić information content (AvgIpc) is 3.01. The van der Waals surface area contributed by atoms with Crippen LogP contribution >= 0.6 is 27.3 Å². The third kappa shape index (κ3) is 3.83. The van der Waals surface area contributed by atoms with Crippen LogP contribution < -0.4 is 9.64 Å². The van der Waals surface area contributed by atoms with Crippen molar-refractivity contribution < 1.29 is 9.53 Å². The number of carbonyl (C=O) groups excluding carboxylic acids is 1. The first kappa shape index (κ1) is 16.7. The molecule has 3 aromatic rings. The fourth-order valence-corrected chi connectivity index (χ4v) is 3.39. The summed E-state index contributed by atoms with van der Waals surface area (Å²) in [6.45, 7) is 1.83. The van der Waals surface area contributed by atoms with Crippen molar-refractivity contribution in [3.05, 3.63) is 70.1 Å². The van der Waals surface area contributed by atoms with Crippen LogP contribution in [0.2, 0.25) is 0 Å². The van der Waals surface area contributed by atoms with Crippen molar-refractivity contribution in [3.8, 4) is 5.75 Å². The molecule has 2 aromatic carbocycles. The number of rotatable bonds is 5. The zero-order valence-corrected chi connectivity index (χ0v) is 15.4. The van der Waals surface area contributed by atoms with E-state index < -0.39 is 0 Å². The summed E-state index contributed by atoms with van der Waals surface area (Å²) in [5, 5.41) is 2.56. The normalized spacial score (nSPS) is 10.4. The molecule has 0 atom stereocenters. The summed E-state index contributed by atoms with van der Waals surface area (Å²) in [7, 11) is 0. The number of aryl methyl sites for hydroxylation is 1. The molecular formula is C18H15BrN2O2S.